The minimum absolute atomic E-state index is 0.171. The lowest BCUT2D eigenvalue weighted by Crippen LogP contribution is -2.53. The molecule has 0 bridgehead atoms. The van der Waals surface area contributed by atoms with E-state index in [0.717, 1.165) is 10.9 Å². The lowest BCUT2D eigenvalue weighted by Gasteiger charge is -2.33. The SMILES string of the molecule is COC(=O)C1COCCN1C(=O)c1ccc2[nH]ccc2c1. The molecule has 1 aliphatic heterocycles. The van der Waals surface area contributed by atoms with Gasteiger partial charge in [-0.05, 0) is 24.3 Å². The average Bonchev–Trinajstić information content (AvgIpc) is 3.01. The molecule has 0 aliphatic carbocycles. The summed E-state index contributed by atoms with van der Waals surface area (Å²) in [5.41, 5.74) is 1.52. The van der Waals surface area contributed by atoms with Crippen LogP contribution in [0.2, 0.25) is 0 Å². The lowest BCUT2D eigenvalue weighted by atomic mass is 10.1. The van der Waals surface area contributed by atoms with Crippen LogP contribution in [-0.2, 0) is 14.3 Å². The first-order valence-corrected chi connectivity index (χ1v) is 6.74. The molecule has 1 atom stereocenters. The number of carbonyl (C=O) groups is 2. The monoisotopic (exact) mass is 288 g/mol. The molecule has 3 rings (SSSR count). The Morgan fingerprint density at radius 3 is 3.05 bits per heavy atom. The number of methoxy groups -OCH3 is 1. The molecule has 2 heterocycles. The van der Waals surface area contributed by atoms with Gasteiger partial charge < -0.3 is 19.4 Å². The lowest BCUT2D eigenvalue weighted by molar-refractivity contribution is -0.151. The predicted molar refractivity (Wildman–Crippen MR) is 76.0 cm³/mol. The van der Waals surface area contributed by atoms with E-state index < -0.39 is 12.0 Å². The van der Waals surface area contributed by atoms with Crippen LogP contribution < -0.4 is 0 Å². The van der Waals surface area contributed by atoms with Crippen molar-refractivity contribution in [1.29, 1.82) is 0 Å². The van der Waals surface area contributed by atoms with Gasteiger partial charge in [0.05, 0.1) is 20.3 Å². The van der Waals surface area contributed by atoms with E-state index in [1.54, 1.807) is 6.07 Å². The molecule has 6 heteroatoms. The van der Waals surface area contributed by atoms with Crippen molar-refractivity contribution in [2.24, 2.45) is 0 Å². The van der Waals surface area contributed by atoms with E-state index in [1.165, 1.54) is 12.0 Å². The van der Waals surface area contributed by atoms with Crippen LogP contribution in [0.25, 0.3) is 10.9 Å². The molecule has 2 aromatic rings. The fourth-order valence-corrected chi connectivity index (χ4v) is 2.53. The van der Waals surface area contributed by atoms with E-state index in [1.807, 2.05) is 24.4 Å². The molecule has 1 N–H and O–H groups in total. The Morgan fingerprint density at radius 2 is 2.24 bits per heavy atom. The number of ether oxygens (including phenoxy) is 2. The minimum Gasteiger partial charge on any atom is -0.467 e. The van der Waals surface area contributed by atoms with Gasteiger partial charge in [0, 0.05) is 29.2 Å². The zero-order valence-corrected chi connectivity index (χ0v) is 11.7. The van der Waals surface area contributed by atoms with Crippen molar-refractivity contribution < 1.29 is 19.1 Å². The number of H-pyrrole nitrogens is 1. The van der Waals surface area contributed by atoms with Gasteiger partial charge in [0.2, 0.25) is 0 Å². The summed E-state index contributed by atoms with van der Waals surface area (Å²) in [4.78, 5) is 29.0. The van der Waals surface area contributed by atoms with Crippen molar-refractivity contribution >= 4 is 22.8 Å². The number of nitrogens with one attached hydrogen (secondary N) is 1. The van der Waals surface area contributed by atoms with Gasteiger partial charge >= 0.3 is 5.97 Å². The second-order valence-electron chi connectivity index (χ2n) is 4.89. The first-order chi connectivity index (χ1) is 10.2. The van der Waals surface area contributed by atoms with Crippen molar-refractivity contribution in [2.45, 2.75) is 6.04 Å². The largest absolute Gasteiger partial charge is 0.467 e. The van der Waals surface area contributed by atoms with Crippen LogP contribution in [0.3, 0.4) is 0 Å². The van der Waals surface area contributed by atoms with Gasteiger partial charge in [-0.15, -0.1) is 0 Å². The van der Waals surface area contributed by atoms with Gasteiger partial charge in [0.25, 0.3) is 5.91 Å². The zero-order valence-electron chi connectivity index (χ0n) is 11.7. The number of hydrogen-bond donors (Lipinski definition) is 1. The Bertz CT molecular complexity index is 679. The summed E-state index contributed by atoms with van der Waals surface area (Å²) < 4.78 is 10.0. The third kappa shape index (κ3) is 2.50. The molecule has 1 saturated heterocycles. The molecule has 1 aliphatic rings. The van der Waals surface area contributed by atoms with E-state index in [0.29, 0.717) is 18.7 Å². The van der Waals surface area contributed by atoms with Crippen LogP contribution in [0.1, 0.15) is 10.4 Å². The molecule has 0 spiro atoms. The number of esters is 1. The van der Waals surface area contributed by atoms with Gasteiger partial charge in [-0.25, -0.2) is 4.79 Å². The Kier molecular flexibility index (Phi) is 3.62. The molecule has 0 radical (unpaired) electrons. The maximum atomic E-state index is 12.6. The number of nitrogens with zero attached hydrogens (tertiary/aromatic N) is 1. The molecule has 21 heavy (non-hydrogen) atoms. The Hall–Kier alpha value is -2.34. The molecular formula is C15H16N2O4. The van der Waals surface area contributed by atoms with Gasteiger partial charge in [-0.1, -0.05) is 0 Å². The van der Waals surface area contributed by atoms with Gasteiger partial charge in [0.15, 0.2) is 6.04 Å². The van der Waals surface area contributed by atoms with Crippen LogP contribution in [0.15, 0.2) is 30.5 Å². The fourth-order valence-electron chi connectivity index (χ4n) is 2.53. The summed E-state index contributed by atoms with van der Waals surface area (Å²) in [6.45, 7) is 0.972. The van der Waals surface area contributed by atoms with Crippen molar-refractivity contribution in [3.8, 4) is 0 Å². The number of rotatable bonds is 2. The molecule has 0 saturated carbocycles. The normalized spacial score (nSPS) is 18.7. The van der Waals surface area contributed by atoms with Crippen LogP contribution in [0, 0.1) is 0 Å². The van der Waals surface area contributed by atoms with E-state index in [4.69, 9.17) is 9.47 Å². The fraction of sp³-hybridized carbons (Fsp3) is 0.333. The smallest absolute Gasteiger partial charge is 0.331 e. The Morgan fingerprint density at radius 1 is 1.38 bits per heavy atom. The summed E-state index contributed by atoms with van der Waals surface area (Å²) in [6.07, 6.45) is 1.82. The maximum absolute atomic E-state index is 12.6. The standard InChI is InChI=1S/C15H16N2O4/c1-20-15(19)13-9-21-7-6-17(13)14(18)11-2-3-12-10(8-11)4-5-16-12/h2-5,8,13,16H,6-7,9H2,1H3. The molecule has 1 aromatic heterocycles. The number of benzene rings is 1. The summed E-state index contributed by atoms with van der Waals surface area (Å²) in [5, 5.41) is 0.962. The van der Waals surface area contributed by atoms with Gasteiger partial charge in [-0.3, -0.25) is 4.79 Å². The van der Waals surface area contributed by atoms with Gasteiger partial charge in [-0.2, -0.15) is 0 Å². The summed E-state index contributed by atoms with van der Waals surface area (Å²) in [5.74, 6) is -0.637. The van der Waals surface area contributed by atoms with Crippen LogP contribution in [0.5, 0.6) is 0 Å². The second kappa shape index (κ2) is 5.57. The number of fused-ring (bicyclic) bond motifs is 1. The highest BCUT2D eigenvalue weighted by Crippen LogP contribution is 2.18. The zero-order chi connectivity index (χ0) is 14.8. The number of aromatic nitrogens is 1. The molecule has 1 amide bonds. The molecule has 6 nitrogen and oxygen atoms in total. The van der Waals surface area contributed by atoms with Gasteiger partial charge in [0.1, 0.15) is 0 Å². The molecule has 1 aromatic carbocycles. The number of morpholine rings is 1. The van der Waals surface area contributed by atoms with Crippen LogP contribution in [-0.4, -0.2) is 54.7 Å². The topological polar surface area (TPSA) is 71.6 Å². The Labute approximate surface area is 121 Å². The van der Waals surface area contributed by atoms with E-state index in [9.17, 15) is 9.59 Å². The quantitative estimate of drug-likeness (QED) is 0.842. The van der Waals surface area contributed by atoms with Crippen molar-refractivity contribution in [3.05, 3.63) is 36.0 Å². The molecule has 1 unspecified atom stereocenters. The highest BCUT2D eigenvalue weighted by Gasteiger charge is 2.34. The highest BCUT2D eigenvalue weighted by atomic mass is 16.5. The van der Waals surface area contributed by atoms with Crippen LogP contribution in [0.4, 0.5) is 0 Å². The first kappa shape index (κ1) is 13.6. The first-order valence-electron chi connectivity index (χ1n) is 6.74. The number of aromatic amines is 1. The maximum Gasteiger partial charge on any atom is 0.331 e. The van der Waals surface area contributed by atoms with Crippen molar-refractivity contribution in [3.63, 3.8) is 0 Å². The number of hydrogen-bond acceptors (Lipinski definition) is 4. The van der Waals surface area contributed by atoms with E-state index in [2.05, 4.69) is 4.98 Å². The third-order valence-corrected chi connectivity index (χ3v) is 3.66. The van der Waals surface area contributed by atoms with E-state index >= 15 is 0 Å². The van der Waals surface area contributed by atoms with Crippen LogP contribution >= 0.6 is 0 Å². The Balaban J connectivity index is 1.89. The number of amides is 1. The summed E-state index contributed by atoms with van der Waals surface area (Å²) in [6, 6.07) is 6.65. The summed E-state index contributed by atoms with van der Waals surface area (Å²) >= 11 is 0. The van der Waals surface area contributed by atoms with Crippen molar-refractivity contribution in [1.82, 2.24) is 9.88 Å². The number of carbonyl (C=O) groups excluding carboxylic acids is 2. The second-order valence-corrected chi connectivity index (χ2v) is 4.89. The van der Waals surface area contributed by atoms with E-state index in [-0.39, 0.29) is 12.5 Å². The summed E-state index contributed by atoms with van der Waals surface area (Å²) in [7, 11) is 1.31. The molecule has 110 valence electrons. The molecular weight excluding hydrogens is 272 g/mol. The third-order valence-electron chi connectivity index (χ3n) is 3.66. The average molecular weight is 288 g/mol. The predicted octanol–water partition coefficient (Wildman–Crippen LogP) is 1.18. The molecule has 1 fully saturated rings. The van der Waals surface area contributed by atoms with Crippen molar-refractivity contribution in [2.75, 3.05) is 26.9 Å². The highest BCUT2D eigenvalue weighted by molar-refractivity contribution is 6.00. The minimum atomic E-state index is -0.682.